The Morgan fingerprint density at radius 1 is 1.42 bits per heavy atom. The third-order valence-electron chi connectivity index (χ3n) is 3.86. The van der Waals surface area contributed by atoms with Gasteiger partial charge in [-0.15, -0.1) is 0 Å². The number of nitrogens with zero attached hydrogens (tertiary/aromatic N) is 2. The van der Waals surface area contributed by atoms with Gasteiger partial charge in [-0.25, -0.2) is 0 Å². The predicted octanol–water partition coefficient (Wildman–Crippen LogP) is 2.36. The number of ether oxygens (including phenoxy) is 3. The molecule has 2 rings (SSSR count). The van der Waals surface area contributed by atoms with E-state index < -0.39 is 0 Å². The molecule has 0 unspecified atom stereocenters. The summed E-state index contributed by atoms with van der Waals surface area (Å²) in [7, 11) is 1.53. The Labute approximate surface area is 142 Å². The molecule has 130 valence electrons. The van der Waals surface area contributed by atoms with Crippen LogP contribution in [0.1, 0.15) is 32.3 Å². The zero-order valence-corrected chi connectivity index (χ0v) is 14.5. The second kappa shape index (κ2) is 8.02. The van der Waals surface area contributed by atoms with Crippen molar-refractivity contribution in [2.24, 2.45) is 0 Å². The van der Waals surface area contributed by atoms with Crippen LogP contribution < -0.4 is 9.47 Å². The molecule has 1 aromatic rings. The Kier molecular flexibility index (Phi) is 6.04. The van der Waals surface area contributed by atoms with E-state index in [1.54, 1.807) is 18.2 Å². The highest BCUT2D eigenvalue weighted by Gasteiger charge is 2.29. The molecule has 0 bridgehead atoms. The van der Waals surface area contributed by atoms with Gasteiger partial charge in [0.2, 0.25) is 5.91 Å². The van der Waals surface area contributed by atoms with Gasteiger partial charge in [-0.1, -0.05) is 0 Å². The largest absolute Gasteiger partial charge is 0.493 e. The van der Waals surface area contributed by atoms with Crippen LogP contribution in [0.3, 0.4) is 0 Å². The van der Waals surface area contributed by atoms with Crippen molar-refractivity contribution in [3.05, 3.63) is 23.8 Å². The van der Waals surface area contributed by atoms with Crippen molar-refractivity contribution in [2.45, 2.75) is 32.3 Å². The fourth-order valence-corrected chi connectivity index (χ4v) is 2.65. The van der Waals surface area contributed by atoms with Crippen LogP contribution in [-0.4, -0.2) is 49.8 Å². The SMILES string of the molecule is COc1cc(C#N)ccc1OCCCC(=O)N1CCOC(C)(C)C1. The van der Waals surface area contributed by atoms with Gasteiger partial charge in [0.05, 0.1) is 37.6 Å². The maximum Gasteiger partial charge on any atom is 0.222 e. The number of methoxy groups -OCH3 is 1. The maximum atomic E-state index is 12.3. The number of amides is 1. The Bertz CT molecular complexity index is 622. The van der Waals surface area contributed by atoms with Crippen molar-refractivity contribution in [1.29, 1.82) is 5.26 Å². The molecule has 1 aliphatic rings. The van der Waals surface area contributed by atoms with E-state index in [0.29, 0.717) is 56.2 Å². The van der Waals surface area contributed by atoms with Crippen LogP contribution in [0.4, 0.5) is 0 Å². The number of benzene rings is 1. The molecule has 0 saturated carbocycles. The maximum absolute atomic E-state index is 12.3. The molecule has 1 saturated heterocycles. The van der Waals surface area contributed by atoms with Crippen LogP contribution in [0.5, 0.6) is 11.5 Å². The second-order valence-corrected chi connectivity index (χ2v) is 6.35. The number of carbonyl (C=O) groups excluding carboxylic acids is 1. The normalized spacial score (nSPS) is 16.3. The fraction of sp³-hybridized carbons (Fsp3) is 0.556. The summed E-state index contributed by atoms with van der Waals surface area (Å²) < 4.78 is 16.5. The molecule has 1 aliphatic heterocycles. The highest BCUT2D eigenvalue weighted by molar-refractivity contribution is 5.76. The number of hydrogen-bond acceptors (Lipinski definition) is 5. The van der Waals surface area contributed by atoms with Crippen LogP contribution >= 0.6 is 0 Å². The molecular formula is C18H24N2O4. The van der Waals surface area contributed by atoms with E-state index in [2.05, 4.69) is 6.07 Å². The zero-order valence-electron chi connectivity index (χ0n) is 14.5. The summed E-state index contributed by atoms with van der Waals surface area (Å²) in [6, 6.07) is 7.08. The van der Waals surface area contributed by atoms with Crippen molar-refractivity contribution < 1.29 is 19.0 Å². The topological polar surface area (TPSA) is 71.8 Å². The summed E-state index contributed by atoms with van der Waals surface area (Å²) in [4.78, 5) is 14.1. The van der Waals surface area contributed by atoms with E-state index >= 15 is 0 Å². The van der Waals surface area contributed by atoms with Gasteiger partial charge in [0, 0.05) is 25.6 Å². The van der Waals surface area contributed by atoms with E-state index in [1.165, 1.54) is 7.11 Å². The van der Waals surface area contributed by atoms with Gasteiger partial charge >= 0.3 is 0 Å². The van der Waals surface area contributed by atoms with Crippen molar-refractivity contribution in [1.82, 2.24) is 4.90 Å². The van der Waals surface area contributed by atoms with Gasteiger partial charge < -0.3 is 19.1 Å². The lowest BCUT2D eigenvalue weighted by Crippen LogP contribution is -2.50. The average Bonchev–Trinajstić information content (AvgIpc) is 2.57. The lowest BCUT2D eigenvalue weighted by Gasteiger charge is -2.38. The molecule has 1 amide bonds. The van der Waals surface area contributed by atoms with E-state index in [1.807, 2.05) is 18.7 Å². The van der Waals surface area contributed by atoms with Gasteiger partial charge in [0.1, 0.15) is 0 Å². The molecular weight excluding hydrogens is 308 g/mol. The number of hydrogen-bond donors (Lipinski definition) is 0. The standard InChI is InChI=1S/C18H24N2O4/c1-18(2)13-20(8-10-24-18)17(21)5-4-9-23-15-7-6-14(12-19)11-16(15)22-3/h6-7,11H,4-5,8-10,13H2,1-3H3. The Morgan fingerprint density at radius 2 is 2.21 bits per heavy atom. The van der Waals surface area contributed by atoms with Crippen molar-refractivity contribution >= 4 is 5.91 Å². The minimum absolute atomic E-state index is 0.127. The number of rotatable bonds is 6. The molecule has 0 aromatic heterocycles. The quantitative estimate of drug-likeness (QED) is 0.748. The Morgan fingerprint density at radius 3 is 2.88 bits per heavy atom. The van der Waals surface area contributed by atoms with E-state index in [-0.39, 0.29) is 11.5 Å². The van der Waals surface area contributed by atoms with Crippen LogP contribution in [0, 0.1) is 11.3 Å². The first-order valence-corrected chi connectivity index (χ1v) is 8.08. The number of carbonyl (C=O) groups is 1. The average molecular weight is 332 g/mol. The third kappa shape index (κ3) is 4.87. The Hall–Kier alpha value is -2.26. The molecule has 1 fully saturated rings. The first kappa shape index (κ1) is 18.1. The molecule has 0 spiro atoms. The molecule has 6 heteroatoms. The molecule has 0 aliphatic carbocycles. The minimum atomic E-state index is -0.278. The molecule has 6 nitrogen and oxygen atoms in total. The lowest BCUT2D eigenvalue weighted by atomic mass is 10.1. The fourth-order valence-electron chi connectivity index (χ4n) is 2.65. The Balaban J connectivity index is 1.79. The van der Waals surface area contributed by atoms with Crippen LogP contribution in [0.2, 0.25) is 0 Å². The van der Waals surface area contributed by atoms with Crippen LogP contribution in [0.25, 0.3) is 0 Å². The zero-order chi connectivity index (χ0) is 17.6. The summed E-state index contributed by atoms with van der Waals surface area (Å²) in [6.07, 6.45) is 1.06. The first-order valence-electron chi connectivity index (χ1n) is 8.08. The summed E-state index contributed by atoms with van der Waals surface area (Å²) in [5, 5.41) is 8.89. The molecule has 1 aromatic carbocycles. The summed E-state index contributed by atoms with van der Waals surface area (Å²) >= 11 is 0. The third-order valence-corrected chi connectivity index (χ3v) is 3.86. The molecule has 1 heterocycles. The van der Waals surface area contributed by atoms with Gasteiger partial charge in [0.25, 0.3) is 0 Å². The molecule has 24 heavy (non-hydrogen) atoms. The van der Waals surface area contributed by atoms with Crippen molar-refractivity contribution in [3.8, 4) is 17.6 Å². The molecule has 0 atom stereocenters. The predicted molar refractivity (Wildman–Crippen MR) is 89.0 cm³/mol. The van der Waals surface area contributed by atoms with Crippen molar-refractivity contribution in [2.75, 3.05) is 33.4 Å². The van der Waals surface area contributed by atoms with Crippen LogP contribution in [-0.2, 0) is 9.53 Å². The van der Waals surface area contributed by atoms with E-state index in [0.717, 1.165) is 0 Å². The second-order valence-electron chi connectivity index (χ2n) is 6.35. The van der Waals surface area contributed by atoms with E-state index in [4.69, 9.17) is 19.5 Å². The summed E-state index contributed by atoms with van der Waals surface area (Å²) in [6.45, 7) is 6.25. The van der Waals surface area contributed by atoms with Gasteiger partial charge in [-0.2, -0.15) is 5.26 Å². The molecule has 0 N–H and O–H groups in total. The van der Waals surface area contributed by atoms with Gasteiger partial charge in [-0.05, 0) is 32.4 Å². The number of nitriles is 1. The van der Waals surface area contributed by atoms with E-state index in [9.17, 15) is 4.79 Å². The van der Waals surface area contributed by atoms with Gasteiger partial charge in [0.15, 0.2) is 11.5 Å². The summed E-state index contributed by atoms with van der Waals surface area (Å²) in [5.41, 5.74) is 0.240. The number of morpholine rings is 1. The highest BCUT2D eigenvalue weighted by Crippen LogP contribution is 2.28. The summed E-state index contributed by atoms with van der Waals surface area (Å²) in [5.74, 6) is 1.23. The highest BCUT2D eigenvalue weighted by atomic mass is 16.5. The van der Waals surface area contributed by atoms with Gasteiger partial charge in [-0.3, -0.25) is 4.79 Å². The molecule has 0 radical (unpaired) electrons. The lowest BCUT2D eigenvalue weighted by molar-refractivity contribution is -0.146. The van der Waals surface area contributed by atoms with Crippen molar-refractivity contribution in [3.63, 3.8) is 0 Å². The smallest absolute Gasteiger partial charge is 0.222 e. The first-order chi connectivity index (χ1) is 11.4. The van der Waals surface area contributed by atoms with Crippen LogP contribution in [0.15, 0.2) is 18.2 Å². The monoisotopic (exact) mass is 332 g/mol. The minimum Gasteiger partial charge on any atom is -0.493 e.